The van der Waals surface area contributed by atoms with Crippen LogP contribution in [0, 0.1) is 21.8 Å². The van der Waals surface area contributed by atoms with E-state index in [9.17, 15) is 28.9 Å². The van der Waals surface area contributed by atoms with Crippen LogP contribution in [0.4, 0.5) is 15.8 Å². The number of hydrogen-bond donors (Lipinski definition) is 1. The molecule has 0 aliphatic carbocycles. The third-order valence-electron chi connectivity index (χ3n) is 4.85. The van der Waals surface area contributed by atoms with Crippen molar-refractivity contribution in [3.63, 3.8) is 0 Å². The molecule has 0 saturated carbocycles. The van der Waals surface area contributed by atoms with Crippen molar-refractivity contribution in [2.75, 3.05) is 25.0 Å². The molecule has 1 atom stereocenters. The predicted molar refractivity (Wildman–Crippen MR) is 108 cm³/mol. The molecule has 0 spiro atoms. The number of anilines is 1. The van der Waals surface area contributed by atoms with Crippen LogP contribution in [0.1, 0.15) is 23.2 Å². The maximum Gasteiger partial charge on any atom is 0.311 e. The Morgan fingerprint density at radius 2 is 1.87 bits per heavy atom. The largest absolute Gasteiger partial charge is 0.455 e. The van der Waals surface area contributed by atoms with Gasteiger partial charge in [-0.15, -0.1) is 0 Å². The number of nitro groups is 1. The molecule has 1 fully saturated rings. The number of nitro benzene ring substituents is 1. The van der Waals surface area contributed by atoms with Crippen LogP contribution in [-0.2, 0) is 14.3 Å². The number of benzene rings is 2. The molecule has 9 nitrogen and oxygen atoms in total. The minimum Gasteiger partial charge on any atom is -0.455 e. The maximum atomic E-state index is 13.1. The maximum absolute atomic E-state index is 13.1. The summed E-state index contributed by atoms with van der Waals surface area (Å²) < 4.78 is 18.1. The molecule has 1 unspecified atom stereocenters. The van der Waals surface area contributed by atoms with E-state index in [2.05, 4.69) is 5.32 Å². The molecule has 3 rings (SSSR count). The number of esters is 1. The average molecular weight is 429 g/mol. The van der Waals surface area contributed by atoms with E-state index in [4.69, 9.17) is 4.74 Å². The van der Waals surface area contributed by atoms with E-state index < -0.39 is 35.1 Å². The van der Waals surface area contributed by atoms with E-state index in [1.54, 1.807) is 0 Å². The zero-order valence-corrected chi connectivity index (χ0v) is 16.5. The zero-order valence-electron chi connectivity index (χ0n) is 16.5. The molecule has 1 saturated heterocycles. The standard InChI is InChI=1S/C21H20FN3O6/c22-16-9-7-14(8-10-16)20(27)24-11-3-4-15(12-24)21(28)31-13-19(26)23-17-5-1-2-6-18(17)25(29)30/h1-2,5-10,15H,3-4,11-13H2,(H,23,26). The summed E-state index contributed by atoms with van der Waals surface area (Å²) in [6, 6.07) is 10.8. The van der Waals surface area contributed by atoms with Crippen LogP contribution < -0.4 is 5.32 Å². The van der Waals surface area contributed by atoms with Gasteiger partial charge in [0.1, 0.15) is 11.5 Å². The first-order valence-corrected chi connectivity index (χ1v) is 9.60. The van der Waals surface area contributed by atoms with Gasteiger partial charge in [-0.2, -0.15) is 0 Å². The Kier molecular flexibility index (Phi) is 6.91. The number of hydrogen-bond acceptors (Lipinski definition) is 6. The minimum atomic E-state index is -0.710. The van der Waals surface area contributed by atoms with Crippen molar-refractivity contribution < 1.29 is 28.4 Å². The van der Waals surface area contributed by atoms with Crippen LogP contribution in [0.5, 0.6) is 0 Å². The lowest BCUT2D eigenvalue weighted by molar-refractivity contribution is -0.383. The van der Waals surface area contributed by atoms with Gasteiger partial charge in [0.2, 0.25) is 0 Å². The number of likely N-dealkylation sites (tertiary alicyclic amines) is 1. The Morgan fingerprint density at radius 3 is 2.58 bits per heavy atom. The van der Waals surface area contributed by atoms with Gasteiger partial charge in [0.15, 0.2) is 6.61 Å². The topological polar surface area (TPSA) is 119 Å². The number of para-hydroxylation sites is 2. The molecule has 2 aromatic rings. The van der Waals surface area contributed by atoms with Crippen LogP contribution in [0.15, 0.2) is 48.5 Å². The Bertz CT molecular complexity index is 995. The van der Waals surface area contributed by atoms with Crippen LogP contribution in [0.2, 0.25) is 0 Å². The quantitative estimate of drug-likeness (QED) is 0.428. The summed E-state index contributed by atoms with van der Waals surface area (Å²) in [6.07, 6.45) is 1.08. The third-order valence-corrected chi connectivity index (χ3v) is 4.85. The number of carbonyl (C=O) groups is 3. The molecular weight excluding hydrogens is 409 g/mol. The monoisotopic (exact) mass is 429 g/mol. The van der Waals surface area contributed by atoms with E-state index in [0.717, 1.165) is 0 Å². The van der Waals surface area contributed by atoms with Crippen LogP contribution >= 0.6 is 0 Å². The molecule has 1 heterocycles. The highest BCUT2D eigenvalue weighted by molar-refractivity contribution is 5.95. The van der Waals surface area contributed by atoms with Crippen LogP contribution in [0.3, 0.4) is 0 Å². The average Bonchev–Trinajstić information content (AvgIpc) is 2.78. The second-order valence-electron chi connectivity index (χ2n) is 7.03. The van der Waals surface area contributed by atoms with E-state index in [1.165, 1.54) is 53.4 Å². The summed E-state index contributed by atoms with van der Waals surface area (Å²) in [7, 11) is 0. The molecule has 0 bridgehead atoms. The van der Waals surface area contributed by atoms with Crippen LogP contribution in [-0.4, -0.2) is 47.3 Å². The van der Waals surface area contributed by atoms with Crippen molar-refractivity contribution in [1.82, 2.24) is 4.90 Å². The molecule has 162 valence electrons. The predicted octanol–water partition coefficient (Wildman–Crippen LogP) is 2.77. The lowest BCUT2D eigenvalue weighted by atomic mass is 9.97. The fourth-order valence-corrected chi connectivity index (χ4v) is 3.31. The number of carbonyl (C=O) groups excluding carboxylic acids is 3. The smallest absolute Gasteiger partial charge is 0.311 e. The lowest BCUT2D eigenvalue weighted by Crippen LogP contribution is -2.43. The number of ether oxygens (including phenoxy) is 1. The summed E-state index contributed by atoms with van der Waals surface area (Å²) in [4.78, 5) is 48.9. The number of nitrogens with one attached hydrogen (secondary N) is 1. The fourth-order valence-electron chi connectivity index (χ4n) is 3.31. The number of amides is 2. The van der Waals surface area contributed by atoms with E-state index in [0.29, 0.717) is 24.9 Å². The highest BCUT2D eigenvalue weighted by Gasteiger charge is 2.30. The second-order valence-corrected chi connectivity index (χ2v) is 7.03. The molecule has 0 radical (unpaired) electrons. The van der Waals surface area contributed by atoms with Gasteiger partial charge in [0.05, 0.1) is 10.8 Å². The number of piperidine rings is 1. The first-order valence-electron chi connectivity index (χ1n) is 9.60. The van der Waals surface area contributed by atoms with E-state index in [-0.39, 0.29) is 23.8 Å². The highest BCUT2D eigenvalue weighted by Crippen LogP contribution is 2.23. The van der Waals surface area contributed by atoms with Crippen molar-refractivity contribution in [3.05, 3.63) is 70.0 Å². The highest BCUT2D eigenvalue weighted by atomic mass is 19.1. The zero-order chi connectivity index (χ0) is 22.4. The molecule has 2 aromatic carbocycles. The van der Waals surface area contributed by atoms with Gasteiger partial charge >= 0.3 is 5.97 Å². The van der Waals surface area contributed by atoms with Crippen molar-refractivity contribution in [2.24, 2.45) is 5.92 Å². The van der Waals surface area contributed by atoms with Gasteiger partial charge < -0.3 is 15.0 Å². The molecular formula is C21H20FN3O6. The summed E-state index contributed by atoms with van der Waals surface area (Å²) >= 11 is 0. The minimum absolute atomic E-state index is 0.00212. The van der Waals surface area contributed by atoms with Crippen molar-refractivity contribution in [2.45, 2.75) is 12.8 Å². The Labute approximate surface area is 176 Å². The van der Waals surface area contributed by atoms with E-state index >= 15 is 0 Å². The van der Waals surface area contributed by atoms with Gasteiger partial charge in [-0.25, -0.2) is 4.39 Å². The van der Waals surface area contributed by atoms with Gasteiger partial charge in [0, 0.05) is 24.7 Å². The van der Waals surface area contributed by atoms with E-state index in [1.807, 2.05) is 0 Å². The normalized spacial score (nSPS) is 15.8. The first kappa shape index (κ1) is 21.9. The number of nitrogens with zero attached hydrogens (tertiary/aromatic N) is 2. The Hall–Kier alpha value is -3.82. The van der Waals surface area contributed by atoms with Crippen molar-refractivity contribution >= 4 is 29.2 Å². The lowest BCUT2D eigenvalue weighted by Gasteiger charge is -2.31. The van der Waals surface area contributed by atoms with Crippen molar-refractivity contribution in [3.8, 4) is 0 Å². The second kappa shape index (κ2) is 9.79. The molecule has 10 heteroatoms. The van der Waals surface area contributed by atoms with Crippen molar-refractivity contribution in [1.29, 1.82) is 0 Å². The SMILES string of the molecule is O=C(COC(=O)C1CCCN(C(=O)c2ccc(F)cc2)C1)Nc1ccccc1[N+](=O)[O-]. The Morgan fingerprint density at radius 1 is 1.16 bits per heavy atom. The molecule has 1 aliphatic heterocycles. The molecule has 1 aliphatic rings. The van der Waals surface area contributed by atoms with Gasteiger partial charge in [-0.1, -0.05) is 12.1 Å². The summed E-state index contributed by atoms with van der Waals surface area (Å²) in [5.41, 5.74) is 0.0472. The Balaban J connectivity index is 1.53. The third kappa shape index (κ3) is 5.62. The first-order chi connectivity index (χ1) is 14.8. The van der Waals surface area contributed by atoms with Gasteiger partial charge in [-0.05, 0) is 43.2 Å². The molecule has 2 amide bonds. The molecule has 1 N–H and O–H groups in total. The fraction of sp³-hybridized carbons (Fsp3) is 0.286. The summed E-state index contributed by atoms with van der Waals surface area (Å²) in [5.74, 6) is -2.70. The molecule has 0 aromatic heterocycles. The summed E-state index contributed by atoms with van der Waals surface area (Å²) in [6.45, 7) is -0.0216. The van der Waals surface area contributed by atoms with Gasteiger partial charge in [-0.3, -0.25) is 24.5 Å². The summed E-state index contributed by atoms with van der Waals surface area (Å²) in [5, 5.41) is 13.3. The van der Waals surface area contributed by atoms with Gasteiger partial charge in [0.25, 0.3) is 17.5 Å². The molecule has 31 heavy (non-hydrogen) atoms. The number of rotatable bonds is 6. The van der Waals surface area contributed by atoms with Crippen LogP contribution in [0.25, 0.3) is 0 Å². The number of halogens is 1.